The number of methoxy groups -OCH3 is 2. The minimum absolute atomic E-state index is 0.216. The van der Waals surface area contributed by atoms with Crippen LogP contribution in [0.15, 0.2) is 35.0 Å². The van der Waals surface area contributed by atoms with Gasteiger partial charge in [-0.15, -0.1) is 0 Å². The van der Waals surface area contributed by atoms with Gasteiger partial charge < -0.3 is 19.3 Å². The van der Waals surface area contributed by atoms with E-state index in [-0.39, 0.29) is 11.4 Å². The predicted octanol–water partition coefficient (Wildman–Crippen LogP) is 3.22. The molecule has 6 heteroatoms. The topological polar surface area (TPSA) is 73.6 Å². The summed E-state index contributed by atoms with van der Waals surface area (Å²) in [4.78, 5) is 12.8. The maximum Gasteiger partial charge on any atom is 0.259 e. The number of benzene rings is 1. The van der Waals surface area contributed by atoms with Crippen LogP contribution in [-0.4, -0.2) is 30.8 Å². The first-order valence-electron chi connectivity index (χ1n) is 7.96. The number of rotatable bonds is 8. The molecule has 6 nitrogen and oxygen atoms in total. The lowest BCUT2D eigenvalue weighted by atomic mass is 9.91. The second-order valence-corrected chi connectivity index (χ2v) is 5.88. The Morgan fingerprint density at radius 1 is 1.25 bits per heavy atom. The van der Waals surface area contributed by atoms with Crippen molar-refractivity contribution in [3.05, 3.63) is 41.8 Å². The van der Waals surface area contributed by atoms with Crippen LogP contribution in [0.4, 0.5) is 0 Å². The summed E-state index contributed by atoms with van der Waals surface area (Å²) in [6, 6.07) is 7.11. The van der Waals surface area contributed by atoms with Gasteiger partial charge >= 0.3 is 0 Å². The molecule has 0 aliphatic heterocycles. The summed E-state index contributed by atoms with van der Waals surface area (Å²) >= 11 is 0. The van der Waals surface area contributed by atoms with Crippen molar-refractivity contribution in [3.8, 4) is 11.5 Å². The zero-order chi connectivity index (χ0) is 17.6. The molecule has 1 aromatic carbocycles. The molecule has 0 unspecified atom stereocenters. The average Bonchev–Trinajstić information content (AvgIpc) is 3.12. The second kappa shape index (κ2) is 7.86. The van der Waals surface area contributed by atoms with Crippen LogP contribution in [0.2, 0.25) is 0 Å². The van der Waals surface area contributed by atoms with Gasteiger partial charge in [-0.2, -0.15) is 0 Å². The van der Waals surface area contributed by atoms with Crippen LogP contribution in [0.3, 0.4) is 0 Å². The third kappa shape index (κ3) is 4.07. The molecule has 2 rings (SSSR count). The number of hydrogen-bond acceptors (Lipinski definition) is 5. The quantitative estimate of drug-likeness (QED) is 0.803. The monoisotopic (exact) mass is 332 g/mol. The van der Waals surface area contributed by atoms with E-state index in [1.54, 1.807) is 24.4 Å². The highest BCUT2D eigenvalue weighted by molar-refractivity contribution is 6.00. The number of ether oxygens (including phenoxy) is 2. The fourth-order valence-corrected chi connectivity index (χ4v) is 2.51. The van der Waals surface area contributed by atoms with Crippen molar-refractivity contribution < 1.29 is 18.8 Å². The van der Waals surface area contributed by atoms with E-state index < -0.39 is 0 Å². The van der Waals surface area contributed by atoms with Crippen LogP contribution in [0.5, 0.6) is 11.5 Å². The van der Waals surface area contributed by atoms with Crippen molar-refractivity contribution in [2.75, 3.05) is 14.2 Å². The zero-order valence-electron chi connectivity index (χ0n) is 14.6. The van der Waals surface area contributed by atoms with Crippen molar-refractivity contribution in [1.82, 2.24) is 10.5 Å². The number of aromatic nitrogens is 1. The minimum Gasteiger partial charge on any atom is -0.496 e. The Balaban J connectivity index is 2.16. The number of nitrogens with zero attached hydrogens (tertiary/aromatic N) is 1. The van der Waals surface area contributed by atoms with Gasteiger partial charge in [0.05, 0.1) is 20.4 Å². The number of carbonyl (C=O) groups is 1. The summed E-state index contributed by atoms with van der Waals surface area (Å²) < 4.78 is 15.8. The van der Waals surface area contributed by atoms with Crippen molar-refractivity contribution >= 4 is 5.91 Å². The smallest absolute Gasteiger partial charge is 0.259 e. The summed E-state index contributed by atoms with van der Waals surface area (Å²) in [5.41, 5.74) is 0.0253. The molecule has 24 heavy (non-hydrogen) atoms. The predicted molar refractivity (Wildman–Crippen MR) is 90.5 cm³/mol. The first-order valence-corrected chi connectivity index (χ1v) is 7.96. The number of hydrogen-bond donors (Lipinski definition) is 1. The molecule has 0 radical (unpaired) electrons. The van der Waals surface area contributed by atoms with Crippen LogP contribution in [-0.2, 0) is 6.42 Å². The fraction of sp³-hybridized carbons (Fsp3) is 0.444. The standard InChI is InChI=1S/C18H24N2O4/c1-5-18(2,11-9-13-10-12-19-24-13)20-17(21)16-14(22-3)7-6-8-15(16)23-4/h6-8,10,12H,5,9,11H2,1-4H3,(H,20,21)/t18-/m0/s1. The normalized spacial score (nSPS) is 13.2. The van der Waals surface area contributed by atoms with E-state index in [9.17, 15) is 4.79 Å². The summed E-state index contributed by atoms with van der Waals surface area (Å²) in [7, 11) is 3.07. The lowest BCUT2D eigenvalue weighted by molar-refractivity contribution is 0.0891. The molecular formula is C18H24N2O4. The van der Waals surface area contributed by atoms with Gasteiger partial charge in [0.15, 0.2) is 0 Å². The third-order valence-electron chi connectivity index (χ3n) is 4.26. The highest BCUT2D eigenvalue weighted by Crippen LogP contribution is 2.29. The minimum atomic E-state index is -0.379. The van der Waals surface area contributed by atoms with Gasteiger partial charge in [0, 0.05) is 18.0 Å². The van der Waals surface area contributed by atoms with Gasteiger partial charge in [-0.05, 0) is 31.9 Å². The Labute approximate surface area is 142 Å². The Kier molecular flexibility index (Phi) is 5.84. The largest absolute Gasteiger partial charge is 0.496 e. The molecule has 1 atom stereocenters. The van der Waals surface area contributed by atoms with Gasteiger partial charge in [0.25, 0.3) is 5.91 Å². The first-order chi connectivity index (χ1) is 11.5. The number of amides is 1. The molecule has 130 valence electrons. The summed E-state index contributed by atoms with van der Waals surface area (Å²) in [6.45, 7) is 4.06. The van der Waals surface area contributed by atoms with Crippen molar-refractivity contribution in [2.45, 2.75) is 38.6 Å². The van der Waals surface area contributed by atoms with Gasteiger partial charge in [0.1, 0.15) is 22.8 Å². The number of nitrogens with one attached hydrogen (secondary N) is 1. The Morgan fingerprint density at radius 3 is 2.42 bits per heavy atom. The molecule has 1 heterocycles. The van der Waals surface area contributed by atoms with E-state index in [1.807, 2.05) is 19.9 Å². The van der Waals surface area contributed by atoms with Gasteiger partial charge in [0.2, 0.25) is 0 Å². The van der Waals surface area contributed by atoms with E-state index >= 15 is 0 Å². The molecule has 1 amide bonds. The highest BCUT2D eigenvalue weighted by Gasteiger charge is 2.28. The van der Waals surface area contributed by atoms with Crippen molar-refractivity contribution in [1.29, 1.82) is 0 Å². The average molecular weight is 332 g/mol. The molecule has 1 aromatic heterocycles. The van der Waals surface area contributed by atoms with Gasteiger partial charge in [-0.3, -0.25) is 4.79 Å². The molecule has 0 aliphatic rings. The Bertz CT molecular complexity index is 647. The molecule has 0 bridgehead atoms. The molecule has 1 N–H and O–H groups in total. The van der Waals surface area contributed by atoms with Crippen LogP contribution in [0.1, 0.15) is 42.8 Å². The Hall–Kier alpha value is -2.50. The van der Waals surface area contributed by atoms with Crippen molar-refractivity contribution in [3.63, 3.8) is 0 Å². The first kappa shape index (κ1) is 17.8. The summed E-state index contributed by atoms with van der Waals surface area (Å²) in [6.07, 6.45) is 3.84. The molecule has 0 saturated heterocycles. The number of aryl methyl sites for hydroxylation is 1. The summed E-state index contributed by atoms with van der Waals surface area (Å²) in [5.74, 6) is 1.56. The maximum atomic E-state index is 12.8. The van der Waals surface area contributed by atoms with Gasteiger partial charge in [-0.1, -0.05) is 18.1 Å². The van der Waals surface area contributed by atoms with Crippen LogP contribution in [0.25, 0.3) is 0 Å². The maximum absolute atomic E-state index is 12.8. The van der Waals surface area contributed by atoms with E-state index in [4.69, 9.17) is 14.0 Å². The van der Waals surface area contributed by atoms with E-state index in [0.29, 0.717) is 23.5 Å². The highest BCUT2D eigenvalue weighted by atomic mass is 16.5. The molecule has 0 spiro atoms. The lowest BCUT2D eigenvalue weighted by Gasteiger charge is -2.30. The summed E-state index contributed by atoms with van der Waals surface area (Å²) in [5, 5.41) is 6.82. The number of carbonyl (C=O) groups excluding carboxylic acids is 1. The lowest BCUT2D eigenvalue weighted by Crippen LogP contribution is -2.46. The van der Waals surface area contributed by atoms with Crippen LogP contribution < -0.4 is 14.8 Å². The third-order valence-corrected chi connectivity index (χ3v) is 4.26. The van der Waals surface area contributed by atoms with Gasteiger partial charge in [-0.25, -0.2) is 0 Å². The fourth-order valence-electron chi connectivity index (χ4n) is 2.51. The molecule has 0 aliphatic carbocycles. The molecule has 2 aromatic rings. The zero-order valence-corrected chi connectivity index (χ0v) is 14.6. The molecule has 0 fully saturated rings. The van der Waals surface area contributed by atoms with E-state index in [1.165, 1.54) is 14.2 Å². The van der Waals surface area contributed by atoms with E-state index in [2.05, 4.69) is 10.5 Å². The second-order valence-electron chi connectivity index (χ2n) is 5.88. The molecular weight excluding hydrogens is 308 g/mol. The van der Waals surface area contributed by atoms with E-state index in [0.717, 1.165) is 18.6 Å². The van der Waals surface area contributed by atoms with Crippen LogP contribution in [0, 0.1) is 0 Å². The molecule has 0 saturated carbocycles. The SMILES string of the molecule is CC[C@@](C)(CCc1ccno1)NC(=O)c1c(OC)cccc1OC. The Morgan fingerprint density at radius 2 is 1.92 bits per heavy atom. The van der Waals surface area contributed by atoms with Crippen LogP contribution >= 0.6 is 0 Å². The van der Waals surface area contributed by atoms with Crippen molar-refractivity contribution in [2.24, 2.45) is 0 Å².